The highest BCUT2D eigenvalue weighted by Crippen LogP contribution is 2.22. The summed E-state index contributed by atoms with van der Waals surface area (Å²) >= 11 is 7.20. The predicted molar refractivity (Wildman–Crippen MR) is 82.0 cm³/mol. The first-order valence-corrected chi connectivity index (χ1v) is 8.94. The molecule has 1 heterocycles. The van der Waals surface area contributed by atoms with Crippen molar-refractivity contribution in [3.8, 4) is 0 Å². The van der Waals surface area contributed by atoms with Gasteiger partial charge in [0, 0.05) is 17.7 Å². The highest BCUT2D eigenvalue weighted by atomic mass is 35.5. The van der Waals surface area contributed by atoms with E-state index >= 15 is 0 Å². The molecule has 106 valence electrons. The van der Waals surface area contributed by atoms with Crippen LogP contribution in [0.1, 0.15) is 15.9 Å². The van der Waals surface area contributed by atoms with Gasteiger partial charge in [-0.1, -0.05) is 23.7 Å². The molecule has 0 saturated heterocycles. The van der Waals surface area contributed by atoms with Crippen molar-refractivity contribution in [1.29, 1.82) is 4.78 Å². The molecular formula is C13H13ClN2O2S2. The van der Waals surface area contributed by atoms with E-state index in [4.69, 9.17) is 16.4 Å². The number of hydrogen-bond acceptors (Lipinski definition) is 4. The Labute approximate surface area is 126 Å². The minimum absolute atomic E-state index is 0.246. The van der Waals surface area contributed by atoms with Crippen LogP contribution in [0.5, 0.6) is 0 Å². The fourth-order valence-corrected chi connectivity index (χ4v) is 3.26. The first-order chi connectivity index (χ1) is 9.38. The van der Waals surface area contributed by atoms with Crippen LogP contribution in [0.15, 0.2) is 40.6 Å². The molecule has 1 aromatic heterocycles. The van der Waals surface area contributed by atoms with E-state index < -0.39 is 9.73 Å². The molecule has 0 spiro atoms. The van der Waals surface area contributed by atoms with E-state index in [1.54, 1.807) is 29.6 Å². The van der Waals surface area contributed by atoms with Crippen LogP contribution in [-0.2, 0) is 16.3 Å². The highest BCUT2D eigenvalue weighted by molar-refractivity contribution is 7.91. The molecule has 1 unspecified atom stereocenters. The Balaban J connectivity index is 2.09. The van der Waals surface area contributed by atoms with Gasteiger partial charge < -0.3 is 5.32 Å². The van der Waals surface area contributed by atoms with Crippen LogP contribution in [0.3, 0.4) is 0 Å². The number of nitrogens with one attached hydrogen (secondary N) is 2. The molecule has 2 N–H and O–H groups in total. The van der Waals surface area contributed by atoms with Gasteiger partial charge in [-0.2, -0.15) is 0 Å². The molecule has 1 atom stereocenters. The molecule has 0 bridgehead atoms. The van der Waals surface area contributed by atoms with E-state index in [-0.39, 0.29) is 5.91 Å². The molecule has 20 heavy (non-hydrogen) atoms. The molecule has 1 amide bonds. The minimum atomic E-state index is -2.75. The quantitative estimate of drug-likeness (QED) is 0.903. The Kier molecular flexibility index (Phi) is 4.47. The Morgan fingerprint density at radius 2 is 2.20 bits per heavy atom. The van der Waals surface area contributed by atoms with Gasteiger partial charge in [0.05, 0.1) is 15.3 Å². The SMILES string of the molecule is CS(=N)(=O)c1cccc(CNC(=O)c2ccsc2Cl)c1. The minimum Gasteiger partial charge on any atom is -0.348 e. The van der Waals surface area contributed by atoms with Crippen molar-refractivity contribution in [2.24, 2.45) is 0 Å². The maximum absolute atomic E-state index is 11.9. The van der Waals surface area contributed by atoms with Crippen molar-refractivity contribution in [1.82, 2.24) is 5.32 Å². The lowest BCUT2D eigenvalue weighted by Crippen LogP contribution is -2.22. The monoisotopic (exact) mass is 328 g/mol. The van der Waals surface area contributed by atoms with E-state index in [1.807, 2.05) is 6.07 Å². The summed E-state index contributed by atoms with van der Waals surface area (Å²) in [6.45, 7) is 0.300. The molecule has 0 radical (unpaired) electrons. The Bertz CT molecular complexity index is 738. The fourth-order valence-electron chi connectivity index (χ4n) is 1.63. The lowest BCUT2D eigenvalue weighted by atomic mass is 10.2. The Hall–Kier alpha value is -1.37. The van der Waals surface area contributed by atoms with Gasteiger partial charge in [-0.3, -0.25) is 4.79 Å². The van der Waals surface area contributed by atoms with Crippen LogP contribution in [0, 0.1) is 4.78 Å². The average molecular weight is 329 g/mol. The molecule has 4 nitrogen and oxygen atoms in total. The number of thiophene rings is 1. The maximum Gasteiger partial charge on any atom is 0.253 e. The zero-order valence-corrected chi connectivity index (χ0v) is 13.1. The van der Waals surface area contributed by atoms with Gasteiger partial charge in [0.2, 0.25) is 0 Å². The molecule has 0 aliphatic carbocycles. The van der Waals surface area contributed by atoms with Gasteiger partial charge in [0.1, 0.15) is 4.34 Å². The number of amides is 1. The molecule has 0 aliphatic heterocycles. The first kappa shape index (κ1) is 15.0. The second kappa shape index (κ2) is 5.95. The molecular weight excluding hydrogens is 316 g/mol. The standard InChI is InChI=1S/C13H13ClN2O2S2/c1-20(15,18)10-4-2-3-9(7-10)8-16-13(17)11-5-6-19-12(11)14/h2-7,15H,8H2,1H3,(H,16,17). The van der Waals surface area contributed by atoms with Crippen LogP contribution < -0.4 is 5.32 Å². The summed E-state index contributed by atoms with van der Waals surface area (Å²) in [5.74, 6) is -0.246. The summed E-state index contributed by atoms with van der Waals surface area (Å²) < 4.78 is 19.7. The Morgan fingerprint density at radius 3 is 2.80 bits per heavy atom. The molecule has 2 rings (SSSR count). The lowest BCUT2D eigenvalue weighted by Gasteiger charge is -2.07. The van der Waals surface area contributed by atoms with Crippen LogP contribution in [-0.4, -0.2) is 16.4 Å². The first-order valence-electron chi connectivity index (χ1n) is 5.72. The topological polar surface area (TPSA) is 70.0 Å². The zero-order valence-electron chi connectivity index (χ0n) is 10.7. The third kappa shape index (κ3) is 3.59. The molecule has 0 saturated carbocycles. The lowest BCUT2D eigenvalue weighted by molar-refractivity contribution is 0.0951. The Morgan fingerprint density at radius 1 is 1.45 bits per heavy atom. The highest BCUT2D eigenvalue weighted by Gasteiger charge is 2.11. The van der Waals surface area contributed by atoms with Gasteiger partial charge in [-0.15, -0.1) is 11.3 Å². The van der Waals surface area contributed by atoms with Crippen LogP contribution in [0.2, 0.25) is 4.34 Å². The van der Waals surface area contributed by atoms with Crippen molar-refractivity contribution < 1.29 is 9.00 Å². The molecule has 0 fully saturated rings. The van der Waals surface area contributed by atoms with E-state index in [1.165, 1.54) is 17.6 Å². The largest absolute Gasteiger partial charge is 0.348 e. The molecule has 1 aromatic carbocycles. The second-order valence-electron chi connectivity index (χ2n) is 4.28. The third-order valence-corrected chi connectivity index (χ3v) is 4.99. The van der Waals surface area contributed by atoms with Crippen LogP contribution in [0.4, 0.5) is 0 Å². The third-order valence-electron chi connectivity index (χ3n) is 2.66. The van der Waals surface area contributed by atoms with Crippen molar-refractivity contribution in [2.75, 3.05) is 6.26 Å². The number of hydrogen-bond donors (Lipinski definition) is 2. The van der Waals surface area contributed by atoms with Gasteiger partial charge in [0.25, 0.3) is 5.91 Å². The summed E-state index contributed by atoms with van der Waals surface area (Å²) in [4.78, 5) is 12.4. The summed E-state index contributed by atoms with van der Waals surface area (Å²) in [6.07, 6.45) is 1.37. The van der Waals surface area contributed by atoms with Crippen molar-refractivity contribution >= 4 is 38.6 Å². The summed E-state index contributed by atoms with van der Waals surface area (Å²) in [6, 6.07) is 8.53. The smallest absolute Gasteiger partial charge is 0.253 e. The van der Waals surface area contributed by atoms with Crippen molar-refractivity contribution in [2.45, 2.75) is 11.4 Å². The van der Waals surface area contributed by atoms with Gasteiger partial charge in [-0.25, -0.2) is 8.99 Å². The fraction of sp³-hybridized carbons (Fsp3) is 0.154. The van der Waals surface area contributed by atoms with E-state index in [0.717, 1.165) is 5.56 Å². The molecule has 2 aromatic rings. The van der Waals surface area contributed by atoms with Crippen LogP contribution >= 0.6 is 22.9 Å². The van der Waals surface area contributed by atoms with Crippen molar-refractivity contribution in [3.63, 3.8) is 0 Å². The van der Waals surface area contributed by atoms with Gasteiger partial charge >= 0.3 is 0 Å². The number of rotatable bonds is 4. The molecule has 0 aliphatic rings. The number of halogens is 1. The maximum atomic E-state index is 11.9. The normalized spacial score (nSPS) is 13.7. The van der Waals surface area contributed by atoms with E-state index in [2.05, 4.69) is 5.32 Å². The van der Waals surface area contributed by atoms with Crippen molar-refractivity contribution in [3.05, 3.63) is 51.2 Å². The second-order valence-corrected chi connectivity index (χ2v) is 7.96. The summed E-state index contributed by atoms with van der Waals surface area (Å²) in [7, 11) is -2.75. The number of carbonyl (C=O) groups excluding carboxylic acids is 1. The van der Waals surface area contributed by atoms with E-state index in [0.29, 0.717) is 21.3 Å². The van der Waals surface area contributed by atoms with E-state index in [9.17, 15) is 9.00 Å². The molecule has 7 heteroatoms. The number of benzene rings is 1. The average Bonchev–Trinajstić information content (AvgIpc) is 2.82. The predicted octanol–water partition coefficient (Wildman–Crippen LogP) is 3.37. The number of carbonyl (C=O) groups is 1. The van der Waals surface area contributed by atoms with Gasteiger partial charge in [-0.05, 0) is 29.1 Å². The van der Waals surface area contributed by atoms with Gasteiger partial charge in [0.15, 0.2) is 0 Å². The summed E-state index contributed by atoms with van der Waals surface area (Å²) in [5.41, 5.74) is 1.25. The summed E-state index contributed by atoms with van der Waals surface area (Å²) in [5, 5.41) is 4.50. The zero-order chi connectivity index (χ0) is 14.8. The van der Waals surface area contributed by atoms with Crippen LogP contribution in [0.25, 0.3) is 0 Å².